The van der Waals surface area contributed by atoms with Crippen molar-refractivity contribution in [2.45, 2.75) is 76.3 Å². The minimum Gasteiger partial charge on any atom is -0.378 e. The molecule has 23 heteroatoms. The first kappa shape index (κ1) is 44.6. The summed E-state index contributed by atoms with van der Waals surface area (Å²) in [5.74, 6) is 0.993. The molecule has 356 valence electrons. The topological polar surface area (TPSA) is 191 Å². The summed E-state index contributed by atoms with van der Waals surface area (Å²) in [6.45, 7) is 6.60. The van der Waals surface area contributed by atoms with Crippen molar-refractivity contribution in [2.24, 2.45) is 11.8 Å². The highest BCUT2D eigenvalue weighted by atomic mass is 19.3. The Hall–Kier alpha value is -6.20. The van der Waals surface area contributed by atoms with Crippen LogP contribution in [0, 0.1) is 11.8 Å². The molecule has 0 unspecified atom stereocenters. The number of nitrogens with one attached hydrogen (secondary N) is 3. The van der Waals surface area contributed by atoms with E-state index in [2.05, 4.69) is 56.1 Å². The Morgan fingerprint density at radius 3 is 1.40 bits per heavy atom. The van der Waals surface area contributed by atoms with Crippen molar-refractivity contribution in [3.8, 4) is 0 Å². The van der Waals surface area contributed by atoms with Crippen molar-refractivity contribution in [1.82, 2.24) is 54.1 Å². The summed E-state index contributed by atoms with van der Waals surface area (Å²) in [7, 11) is 0. The van der Waals surface area contributed by atoms with E-state index < -0.39 is 36.1 Å². The van der Waals surface area contributed by atoms with Gasteiger partial charge in [-0.3, -0.25) is 19.0 Å². The number of anilines is 4. The second-order valence-electron chi connectivity index (χ2n) is 17.8. The molecule has 2 aliphatic heterocycles. The molecule has 3 N–H and O–H groups in total. The number of fused-ring (bicyclic) bond motifs is 2. The van der Waals surface area contributed by atoms with E-state index >= 15 is 0 Å². The minimum absolute atomic E-state index is 0.0350. The molecular formula is C44H53F4N15O4. The van der Waals surface area contributed by atoms with Crippen LogP contribution < -0.4 is 25.8 Å². The Bertz CT molecular complexity index is 2490. The molecule has 0 bridgehead atoms. The average molecular weight is 932 g/mol. The Labute approximate surface area is 382 Å². The number of carbonyl (C=O) groups is 2. The van der Waals surface area contributed by atoms with Crippen LogP contribution in [0.3, 0.4) is 0 Å². The van der Waals surface area contributed by atoms with Crippen molar-refractivity contribution >= 4 is 46.1 Å². The Morgan fingerprint density at radius 1 is 0.612 bits per heavy atom. The third-order valence-corrected chi connectivity index (χ3v) is 13.5. The lowest BCUT2D eigenvalue weighted by Gasteiger charge is -2.31. The predicted molar refractivity (Wildman–Crippen MR) is 237 cm³/mol. The van der Waals surface area contributed by atoms with Crippen LogP contribution in [0.5, 0.6) is 0 Å². The van der Waals surface area contributed by atoms with Crippen LogP contribution in [-0.4, -0.2) is 126 Å². The molecular weight excluding hydrogens is 879 g/mol. The number of carbonyl (C=O) groups excluding carboxylic acids is 2. The predicted octanol–water partition coefficient (Wildman–Crippen LogP) is 5.97. The van der Waals surface area contributed by atoms with E-state index in [4.69, 9.17) is 9.47 Å². The molecule has 4 fully saturated rings. The van der Waals surface area contributed by atoms with Gasteiger partial charge in [0.15, 0.2) is 22.7 Å². The van der Waals surface area contributed by atoms with Crippen LogP contribution >= 0.6 is 0 Å². The van der Waals surface area contributed by atoms with Crippen LogP contribution in [0.25, 0.3) is 11.3 Å². The number of morpholine rings is 2. The molecule has 0 radical (unpaired) electrons. The van der Waals surface area contributed by atoms with Gasteiger partial charge in [-0.15, -0.1) is 0 Å². The number of hydrogen-bond donors (Lipinski definition) is 3. The molecule has 10 rings (SSSR count). The number of nitrogens with zero attached hydrogens (tertiary/aromatic N) is 12. The van der Waals surface area contributed by atoms with Gasteiger partial charge in [0.2, 0.25) is 0 Å². The third kappa shape index (κ3) is 9.66. The Morgan fingerprint density at radius 2 is 1.01 bits per heavy atom. The van der Waals surface area contributed by atoms with Gasteiger partial charge in [0.1, 0.15) is 22.8 Å². The molecule has 8 heterocycles. The highest BCUT2D eigenvalue weighted by molar-refractivity contribution is 6.09. The average Bonchev–Trinajstić information content (AvgIpc) is 4.18. The maximum Gasteiger partial charge on any atom is 0.284 e. The SMILES string of the molecule is O=C(Nc1cn([C@H]2CC[C@H](CNC[C@H]3CC[C@H](n4cc(NC(=O)c5cnn6ccc(N7CCOCC7)nc56)c(C(F)F)n4)CC3)CC2)nc1C(F)F)c1cnn2ccc(N3CCOCC3)nc12. The molecule has 67 heavy (non-hydrogen) atoms. The van der Waals surface area contributed by atoms with Crippen LogP contribution in [0.4, 0.5) is 40.6 Å². The molecule has 6 aromatic rings. The Kier molecular flexibility index (Phi) is 13.0. The summed E-state index contributed by atoms with van der Waals surface area (Å²) in [5, 5.41) is 26.0. The van der Waals surface area contributed by atoms with Gasteiger partial charge in [-0.25, -0.2) is 36.6 Å². The maximum absolute atomic E-state index is 14.3. The lowest BCUT2D eigenvalue weighted by atomic mass is 9.84. The molecule has 19 nitrogen and oxygen atoms in total. The lowest BCUT2D eigenvalue weighted by molar-refractivity contribution is 0.101. The maximum atomic E-state index is 14.3. The van der Waals surface area contributed by atoms with Crippen molar-refractivity contribution in [1.29, 1.82) is 0 Å². The summed E-state index contributed by atoms with van der Waals surface area (Å²) in [5.41, 5.74) is -0.0456. The number of amides is 2. The molecule has 2 saturated heterocycles. The lowest BCUT2D eigenvalue weighted by Crippen LogP contribution is -2.36. The van der Waals surface area contributed by atoms with Crippen LogP contribution in [0.15, 0.2) is 49.3 Å². The van der Waals surface area contributed by atoms with Gasteiger partial charge in [-0.05, 0) is 88.4 Å². The van der Waals surface area contributed by atoms with E-state index in [0.717, 1.165) is 64.5 Å². The zero-order chi connectivity index (χ0) is 46.0. The van der Waals surface area contributed by atoms with Gasteiger partial charge in [0.25, 0.3) is 24.7 Å². The van der Waals surface area contributed by atoms with Gasteiger partial charge in [-0.1, -0.05) is 0 Å². The molecule has 0 spiro atoms. The van der Waals surface area contributed by atoms with Gasteiger partial charge >= 0.3 is 0 Å². The van der Waals surface area contributed by atoms with E-state index in [1.165, 1.54) is 33.8 Å². The Balaban J connectivity index is 0.690. The second kappa shape index (κ2) is 19.6. The highest BCUT2D eigenvalue weighted by Crippen LogP contribution is 2.37. The zero-order valence-electron chi connectivity index (χ0n) is 36.8. The molecule has 2 aliphatic carbocycles. The van der Waals surface area contributed by atoms with Crippen LogP contribution in [0.1, 0.15) is 108 Å². The molecule has 4 aliphatic rings. The van der Waals surface area contributed by atoms with E-state index in [1.54, 1.807) is 21.8 Å². The number of aromatic nitrogens is 10. The smallest absolute Gasteiger partial charge is 0.284 e. The van der Waals surface area contributed by atoms with Gasteiger partial charge in [-0.2, -0.15) is 20.4 Å². The van der Waals surface area contributed by atoms with Crippen molar-refractivity contribution in [2.75, 3.05) is 86.1 Å². The van der Waals surface area contributed by atoms with Gasteiger partial charge in [0.05, 0.1) is 62.3 Å². The molecule has 2 saturated carbocycles. The number of alkyl halides is 4. The summed E-state index contributed by atoms with van der Waals surface area (Å²) in [4.78, 5) is 40.4. The standard InChI is InChI=1S/C44H53F4N15O4/c45-39(46)37-33(52-43(64)31-23-50-60-11-9-35(54-41(31)60)58-13-17-66-18-14-58)25-62(56-37)29-5-1-27(2-6-29)21-49-22-28-3-7-30(8-4-28)63-26-34(38(57-63)40(47)48)53-44(65)32-24-51-61-12-10-36(55-42(32)61)59-15-19-67-20-16-59/h9-12,23-30,39-40,49H,1-8,13-22H2,(H,52,64)(H,53,65)/t27-,28-,29-,30-. The molecule has 0 atom stereocenters. The first-order chi connectivity index (χ1) is 32.6. The largest absolute Gasteiger partial charge is 0.378 e. The monoisotopic (exact) mass is 931 g/mol. The number of hydrogen-bond acceptors (Lipinski definition) is 13. The number of ether oxygens (including phenoxy) is 2. The summed E-state index contributed by atoms with van der Waals surface area (Å²) < 4.78 is 74.1. The first-order valence-electron chi connectivity index (χ1n) is 23.1. The molecule has 6 aromatic heterocycles. The second-order valence-corrected chi connectivity index (χ2v) is 17.8. The van der Waals surface area contributed by atoms with E-state index in [9.17, 15) is 27.2 Å². The highest BCUT2D eigenvalue weighted by Gasteiger charge is 2.31. The number of halogens is 4. The summed E-state index contributed by atoms with van der Waals surface area (Å²) in [6, 6.07) is 3.47. The first-order valence-corrected chi connectivity index (χ1v) is 23.1. The number of rotatable bonds is 14. The van der Waals surface area contributed by atoms with Crippen molar-refractivity contribution < 1.29 is 36.6 Å². The third-order valence-electron chi connectivity index (χ3n) is 13.5. The van der Waals surface area contributed by atoms with E-state index in [-0.39, 0.29) is 34.6 Å². The quantitative estimate of drug-likeness (QED) is 0.108. The fourth-order valence-corrected chi connectivity index (χ4v) is 9.77. The minimum atomic E-state index is -2.88. The molecule has 2 amide bonds. The van der Waals surface area contributed by atoms with E-state index in [0.29, 0.717) is 87.4 Å². The molecule has 0 aromatic carbocycles. The summed E-state index contributed by atoms with van der Waals surface area (Å²) in [6.07, 6.45) is 10.1. The fourth-order valence-electron chi connectivity index (χ4n) is 9.77. The van der Waals surface area contributed by atoms with Crippen molar-refractivity contribution in [3.63, 3.8) is 0 Å². The summed E-state index contributed by atoms with van der Waals surface area (Å²) >= 11 is 0. The fraction of sp³-hybridized carbons (Fsp3) is 0.545. The van der Waals surface area contributed by atoms with Crippen LogP contribution in [0.2, 0.25) is 0 Å². The van der Waals surface area contributed by atoms with E-state index in [1.807, 2.05) is 12.1 Å². The van der Waals surface area contributed by atoms with Gasteiger partial charge < -0.3 is 35.2 Å². The van der Waals surface area contributed by atoms with Gasteiger partial charge in [0, 0.05) is 51.0 Å². The van der Waals surface area contributed by atoms with Crippen LogP contribution in [-0.2, 0) is 9.47 Å². The normalized spacial score (nSPS) is 21.8. The zero-order valence-corrected chi connectivity index (χ0v) is 36.8. The van der Waals surface area contributed by atoms with Crippen molar-refractivity contribution in [3.05, 3.63) is 71.8 Å².